The molecule has 1 atom stereocenters. The van der Waals surface area contributed by atoms with E-state index in [0.29, 0.717) is 5.92 Å². The van der Waals surface area contributed by atoms with Gasteiger partial charge in [-0.15, -0.1) is 0 Å². The van der Waals surface area contributed by atoms with E-state index in [9.17, 15) is 4.79 Å². The van der Waals surface area contributed by atoms with Gasteiger partial charge in [0.1, 0.15) is 6.10 Å². The van der Waals surface area contributed by atoms with Crippen molar-refractivity contribution in [3.05, 3.63) is 0 Å². The molecule has 0 bridgehead atoms. The molecule has 0 amide bonds. The fourth-order valence-electron chi connectivity index (χ4n) is 2.62. The minimum absolute atomic E-state index is 0.0671. The van der Waals surface area contributed by atoms with Crippen LogP contribution in [-0.2, 0) is 9.53 Å². The molecule has 0 saturated heterocycles. The number of ether oxygens (including phenoxy) is 1. The van der Waals surface area contributed by atoms with Crippen LogP contribution in [0, 0.1) is 17.8 Å². The van der Waals surface area contributed by atoms with Crippen molar-refractivity contribution in [1.82, 2.24) is 0 Å². The average Bonchev–Trinajstić information content (AvgIpc) is 2.34. The molecule has 0 N–H and O–H groups in total. The lowest BCUT2D eigenvalue weighted by Gasteiger charge is -2.26. The summed E-state index contributed by atoms with van der Waals surface area (Å²) >= 11 is 0. The second-order valence-electron chi connectivity index (χ2n) is 6.40. The van der Waals surface area contributed by atoms with Crippen LogP contribution >= 0.6 is 0 Å². The number of carbonyl (C=O) groups excluding carboxylic acids is 1. The molecule has 0 spiro atoms. The van der Waals surface area contributed by atoms with E-state index < -0.39 is 0 Å². The second-order valence-corrected chi connectivity index (χ2v) is 6.40. The molecule has 0 radical (unpaired) electrons. The second kappa shape index (κ2) is 7.81. The molecular weight excluding hydrogens is 224 g/mol. The van der Waals surface area contributed by atoms with Crippen LogP contribution in [0.25, 0.3) is 0 Å². The molecule has 1 fully saturated rings. The van der Waals surface area contributed by atoms with Crippen molar-refractivity contribution in [1.29, 1.82) is 0 Å². The molecule has 0 aliphatic heterocycles. The summed E-state index contributed by atoms with van der Waals surface area (Å²) in [4.78, 5) is 12.1. The van der Waals surface area contributed by atoms with Gasteiger partial charge in [-0.3, -0.25) is 4.79 Å². The molecule has 0 aromatic heterocycles. The highest BCUT2D eigenvalue weighted by molar-refractivity contribution is 5.72. The van der Waals surface area contributed by atoms with Crippen LogP contribution in [0.4, 0.5) is 0 Å². The Morgan fingerprint density at radius 3 is 2.28 bits per heavy atom. The van der Waals surface area contributed by atoms with Gasteiger partial charge in [0.15, 0.2) is 0 Å². The number of carbonyl (C=O) groups is 1. The largest absolute Gasteiger partial charge is 0.462 e. The summed E-state index contributed by atoms with van der Waals surface area (Å²) in [5.41, 5.74) is 0. The van der Waals surface area contributed by atoms with Crippen LogP contribution in [0.3, 0.4) is 0 Å². The molecule has 1 aliphatic rings. The van der Waals surface area contributed by atoms with Crippen LogP contribution in [0.15, 0.2) is 0 Å². The van der Waals surface area contributed by atoms with Crippen molar-refractivity contribution < 1.29 is 9.53 Å². The maximum absolute atomic E-state index is 12.1. The first-order chi connectivity index (χ1) is 8.52. The van der Waals surface area contributed by atoms with Gasteiger partial charge in [-0.1, -0.05) is 27.7 Å². The van der Waals surface area contributed by atoms with Crippen molar-refractivity contribution in [2.45, 2.75) is 78.7 Å². The molecule has 1 unspecified atom stereocenters. The first kappa shape index (κ1) is 15.5. The van der Waals surface area contributed by atoms with Crippen LogP contribution in [-0.4, -0.2) is 12.1 Å². The zero-order valence-electron chi connectivity index (χ0n) is 12.6. The number of esters is 1. The fourth-order valence-corrected chi connectivity index (χ4v) is 2.62. The Kier molecular flexibility index (Phi) is 6.73. The summed E-state index contributed by atoms with van der Waals surface area (Å²) in [5, 5.41) is 0. The van der Waals surface area contributed by atoms with Crippen LogP contribution < -0.4 is 0 Å². The maximum atomic E-state index is 12.1. The van der Waals surface area contributed by atoms with Gasteiger partial charge in [-0.05, 0) is 56.8 Å². The van der Waals surface area contributed by atoms with Gasteiger partial charge >= 0.3 is 5.97 Å². The molecule has 106 valence electrons. The Hall–Kier alpha value is -0.530. The van der Waals surface area contributed by atoms with E-state index in [2.05, 4.69) is 27.7 Å². The minimum Gasteiger partial charge on any atom is -0.462 e. The zero-order valence-corrected chi connectivity index (χ0v) is 12.6. The molecule has 0 heterocycles. The number of rotatable bonds is 6. The van der Waals surface area contributed by atoms with Crippen LogP contribution in [0.2, 0.25) is 0 Å². The predicted octanol–water partition coefficient (Wildman–Crippen LogP) is 4.57. The van der Waals surface area contributed by atoms with Gasteiger partial charge in [0, 0.05) is 0 Å². The van der Waals surface area contributed by atoms with Gasteiger partial charge in [-0.2, -0.15) is 0 Å². The van der Waals surface area contributed by atoms with E-state index >= 15 is 0 Å². The SMILES string of the molecule is CCC(CCC(C)C)OC(=O)C1CCC(C)CC1. The van der Waals surface area contributed by atoms with E-state index in [1.165, 1.54) is 12.8 Å². The Morgan fingerprint density at radius 2 is 1.78 bits per heavy atom. The zero-order chi connectivity index (χ0) is 13.5. The monoisotopic (exact) mass is 254 g/mol. The Balaban J connectivity index is 2.32. The molecule has 1 saturated carbocycles. The van der Waals surface area contributed by atoms with E-state index in [4.69, 9.17) is 4.74 Å². The molecular formula is C16H30O2. The summed E-state index contributed by atoms with van der Waals surface area (Å²) in [5.74, 6) is 1.72. The van der Waals surface area contributed by atoms with Crippen molar-refractivity contribution >= 4 is 5.97 Å². The predicted molar refractivity (Wildman–Crippen MR) is 75.4 cm³/mol. The third-order valence-electron chi connectivity index (χ3n) is 4.15. The highest BCUT2D eigenvalue weighted by Crippen LogP contribution is 2.29. The lowest BCUT2D eigenvalue weighted by molar-refractivity contribution is -0.156. The van der Waals surface area contributed by atoms with Gasteiger partial charge in [0.2, 0.25) is 0 Å². The van der Waals surface area contributed by atoms with E-state index in [0.717, 1.165) is 38.0 Å². The summed E-state index contributed by atoms with van der Waals surface area (Å²) in [6.45, 7) is 8.83. The molecule has 2 nitrogen and oxygen atoms in total. The number of hydrogen-bond acceptors (Lipinski definition) is 2. The van der Waals surface area contributed by atoms with Gasteiger partial charge in [-0.25, -0.2) is 0 Å². The first-order valence-corrected chi connectivity index (χ1v) is 7.73. The normalized spacial score (nSPS) is 26.1. The van der Waals surface area contributed by atoms with E-state index in [-0.39, 0.29) is 18.0 Å². The lowest BCUT2D eigenvalue weighted by atomic mass is 9.83. The van der Waals surface area contributed by atoms with Gasteiger partial charge < -0.3 is 4.74 Å². The van der Waals surface area contributed by atoms with Crippen molar-refractivity contribution in [3.8, 4) is 0 Å². The molecule has 2 heteroatoms. The molecule has 1 aliphatic carbocycles. The van der Waals surface area contributed by atoms with Crippen LogP contribution in [0.5, 0.6) is 0 Å². The number of hydrogen-bond donors (Lipinski definition) is 0. The molecule has 1 rings (SSSR count). The van der Waals surface area contributed by atoms with Crippen LogP contribution in [0.1, 0.15) is 72.6 Å². The summed E-state index contributed by atoms with van der Waals surface area (Å²) in [6, 6.07) is 0. The standard InChI is InChI=1S/C16H30O2/c1-5-15(11-6-12(2)3)18-16(17)14-9-7-13(4)8-10-14/h12-15H,5-11H2,1-4H3. The Bertz CT molecular complexity index is 239. The fraction of sp³-hybridized carbons (Fsp3) is 0.938. The summed E-state index contributed by atoms with van der Waals surface area (Å²) in [7, 11) is 0. The summed E-state index contributed by atoms with van der Waals surface area (Å²) < 4.78 is 5.69. The quantitative estimate of drug-likeness (QED) is 0.649. The van der Waals surface area contributed by atoms with Crippen molar-refractivity contribution in [2.75, 3.05) is 0 Å². The molecule has 0 aromatic carbocycles. The molecule has 0 aromatic rings. The lowest BCUT2D eigenvalue weighted by Crippen LogP contribution is -2.27. The average molecular weight is 254 g/mol. The van der Waals surface area contributed by atoms with Crippen molar-refractivity contribution in [2.24, 2.45) is 17.8 Å². The smallest absolute Gasteiger partial charge is 0.309 e. The van der Waals surface area contributed by atoms with Gasteiger partial charge in [0.25, 0.3) is 0 Å². The minimum atomic E-state index is 0.0671. The third-order valence-corrected chi connectivity index (χ3v) is 4.15. The van der Waals surface area contributed by atoms with Gasteiger partial charge in [0.05, 0.1) is 5.92 Å². The van der Waals surface area contributed by atoms with E-state index in [1.807, 2.05) is 0 Å². The third kappa shape index (κ3) is 5.41. The highest BCUT2D eigenvalue weighted by Gasteiger charge is 2.27. The highest BCUT2D eigenvalue weighted by atomic mass is 16.5. The summed E-state index contributed by atoms with van der Waals surface area (Å²) in [6.07, 6.45) is 7.67. The molecule has 18 heavy (non-hydrogen) atoms. The topological polar surface area (TPSA) is 26.3 Å². The Labute approximate surface area is 112 Å². The Morgan fingerprint density at radius 1 is 1.17 bits per heavy atom. The first-order valence-electron chi connectivity index (χ1n) is 7.73. The maximum Gasteiger partial charge on any atom is 0.309 e. The van der Waals surface area contributed by atoms with Crippen molar-refractivity contribution in [3.63, 3.8) is 0 Å². The van der Waals surface area contributed by atoms with E-state index in [1.54, 1.807) is 0 Å².